The Morgan fingerprint density at radius 3 is 1.85 bits per heavy atom. The van der Waals surface area contributed by atoms with E-state index in [-0.39, 0.29) is 11.6 Å². The lowest BCUT2D eigenvalue weighted by Crippen LogP contribution is -2.21. The Morgan fingerprint density at radius 1 is 1.38 bits per heavy atom. The molecule has 0 aliphatic heterocycles. The van der Waals surface area contributed by atoms with Crippen molar-refractivity contribution in [3.8, 4) is 0 Å². The number of hydrogen-bond acceptors (Lipinski definition) is 4. The molecule has 0 saturated carbocycles. The molecule has 0 bridgehead atoms. The van der Waals surface area contributed by atoms with E-state index >= 15 is 0 Å². The summed E-state index contributed by atoms with van der Waals surface area (Å²) >= 11 is 0. The maximum Gasteiger partial charge on any atom is 0.303 e. The Balaban J connectivity index is 0. The first-order valence-corrected chi connectivity index (χ1v) is 4.08. The number of ether oxygens (including phenoxy) is 2. The van der Waals surface area contributed by atoms with Gasteiger partial charge in [0.15, 0.2) is 0 Å². The molecule has 0 saturated heterocycles. The van der Waals surface area contributed by atoms with Crippen molar-refractivity contribution in [3.63, 3.8) is 0 Å². The van der Waals surface area contributed by atoms with Gasteiger partial charge in [0.25, 0.3) is 6.47 Å². The SMILES string of the molecule is CC(=O)OC(C)(C)C.CCOC=O. The first kappa shape index (κ1) is 14.5. The molecule has 0 aromatic heterocycles. The van der Waals surface area contributed by atoms with Gasteiger partial charge < -0.3 is 9.47 Å². The third-order valence-electron chi connectivity index (χ3n) is 0.685. The Kier molecular flexibility index (Phi) is 8.44. The number of rotatable bonds is 2. The van der Waals surface area contributed by atoms with Gasteiger partial charge in [-0.3, -0.25) is 9.59 Å². The van der Waals surface area contributed by atoms with E-state index in [9.17, 15) is 9.59 Å². The van der Waals surface area contributed by atoms with Crippen molar-refractivity contribution in [2.45, 2.75) is 40.2 Å². The highest BCUT2D eigenvalue weighted by molar-refractivity contribution is 5.66. The molecular weight excluding hydrogens is 172 g/mol. The van der Waals surface area contributed by atoms with E-state index in [0.29, 0.717) is 13.1 Å². The van der Waals surface area contributed by atoms with E-state index in [2.05, 4.69) is 4.74 Å². The molecule has 0 spiro atoms. The summed E-state index contributed by atoms with van der Waals surface area (Å²) < 4.78 is 8.95. The molecule has 0 rings (SSSR count). The van der Waals surface area contributed by atoms with Crippen LogP contribution in [0.2, 0.25) is 0 Å². The molecule has 0 N–H and O–H groups in total. The average Bonchev–Trinajstić information content (AvgIpc) is 1.84. The van der Waals surface area contributed by atoms with Crippen molar-refractivity contribution in [2.24, 2.45) is 0 Å². The summed E-state index contributed by atoms with van der Waals surface area (Å²) in [6.45, 7) is 9.60. The summed E-state index contributed by atoms with van der Waals surface area (Å²) in [7, 11) is 0. The minimum atomic E-state index is -0.328. The monoisotopic (exact) mass is 190 g/mol. The summed E-state index contributed by atoms with van der Waals surface area (Å²) in [4.78, 5) is 19.4. The van der Waals surface area contributed by atoms with Crippen molar-refractivity contribution >= 4 is 12.4 Å². The van der Waals surface area contributed by atoms with Crippen LogP contribution in [0.3, 0.4) is 0 Å². The number of hydrogen-bond donors (Lipinski definition) is 0. The minimum absolute atomic E-state index is 0.225. The highest BCUT2D eigenvalue weighted by atomic mass is 16.6. The fourth-order valence-electron chi connectivity index (χ4n) is 0.499. The van der Waals surface area contributed by atoms with Crippen molar-refractivity contribution < 1.29 is 19.1 Å². The topological polar surface area (TPSA) is 52.6 Å². The molecule has 13 heavy (non-hydrogen) atoms. The lowest BCUT2D eigenvalue weighted by atomic mass is 10.2. The fourth-order valence-corrected chi connectivity index (χ4v) is 0.499. The Bertz CT molecular complexity index is 146. The zero-order chi connectivity index (χ0) is 10.9. The number of carbonyl (C=O) groups excluding carboxylic acids is 2. The van der Waals surface area contributed by atoms with Gasteiger partial charge in [0.2, 0.25) is 0 Å². The van der Waals surface area contributed by atoms with E-state index in [4.69, 9.17) is 4.74 Å². The van der Waals surface area contributed by atoms with Crippen LogP contribution in [0.25, 0.3) is 0 Å². The van der Waals surface area contributed by atoms with Gasteiger partial charge in [0, 0.05) is 6.92 Å². The molecule has 0 aliphatic carbocycles. The van der Waals surface area contributed by atoms with E-state index in [1.165, 1.54) is 6.92 Å². The zero-order valence-corrected chi connectivity index (χ0v) is 8.92. The molecule has 0 fully saturated rings. The van der Waals surface area contributed by atoms with Crippen LogP contribution in [0.4, 0.5) is 0 Å². The van der Waals surface area contributed by atoms with Crippen LogP contribution in [0, 0.1) is 0 Å². The van der Waals surface area contributed by atoms with Crippen LogP contribution in [0.15, 0.2) is 0 Å². The van der Waals surface area contributed by atoms with Crippen LogP contribution >= 0.6 is 0 Å². The molecule has 0 unspecified atom stereocenters. The van der Waals surface area contributed by atoms with E-state index in [1.54, 1.807) is 6.92 Å². The van der Waals surface area contributed by atoms with Gasteiger partial charge >= 0.3 is 5.97 Å². The maximum atomic E-state index is 10.2. The number of carbonyl (C=O) groups is 2. The lowest BCUT2D eigenvalue weighted by Gasteiger charge is -2.17. The molecule has 4 nitrogen and oxygen atoms in total. The standard InChI is InChI=1S/C6H12O2.C3H6O2/c1-5(7)8-6(2,3)4;1-2-5-3-4/h1-4H3;3H,2H2,1H3. The number of esters is 1. The van der Waals surface area contributed by atoms with Crippen LogP contribution in [0.5, 0.6) is 0 Å². The Labute approximate surface area is 79.2 Å². The predicted octanol–water partition coefficient (Wildman–Crippen LogP) is 1.53. The first-order valence-electron chi connectivity index (χ1n) is 4.08. The summed E-state index contributed by atoms with van der Waals surface area (Å²) in [5.74, 6) is -0.225. The zero-order valence-electron chi connectivity index (χ0n) is 8.92. The fraction of sp³-hybridized carbons (Fsp3) is 0.778. The smallest absolute Gasteiger partial charge is 0.303 e. The molecule has 0 atom stereocenters. The molecule has 0 aromatic carbocycles. The maximum absolute atomic E-state index is 10.2. The predicted molar refractivity (Wildman–Crippen MR) is 49.2 cm³/mol. The van der Waals surface area contributed by atoms with Gasteiger partial charge in [-0.15, -0.1) is 0 Å². The average molecular weight is 190 g/mol. The van der Waals surface area contributed by atoms with Gasteiger partial charge in [-0.2, -0.15) is 0 Å². The van der Waals surface area contributed by atoms with Crippen molar-refractivity contribution in [1.82, 2.24) is 0 Å². The van der Waals surface area contributed by atoms with Crippen LogP contribution in [-0.4, -0.2) is 24.6 Å². The van der Waals surface area contributed by atoms with Crippen molar-refractivity contribution in [3.05, 3.63) is 0 Å². The third kappa shape index (κ3) is 24.8. The minimum Gasteiger partial charge on any atom is -0.468 e. The van der Waals surface area contributed by atoms with Crippen LogP contribution in [0.1, 0.15) is 34.6 Å². The summed E-state index contributed by atoms with van der Waals surface area (Å²) in [5.41, 5.74) is -0.328. The van der Waals surface area contributed by atoms with E-state index in [0.717, 1.165) is 0 Å². The van der Waals surface area contributed by atoms with Crippen LogP contribution in [-0.2, 0) is 19.1 Å². The third-order valence-corrected chi connectivity index (χ3v) is 0.685. The van der Waals surface area contributed by atoms with Crippen molar-refractivity contribution in [1.29, 1.82) is 0 Å². The molecule has 0 heterocycles. The lowest BCUT2D eigenvalue weighted by molar-refractivity contribution is -0.151. The second kappa shape index (κ2) is 7.58. The van der Waals surface area contributed by atoms with E-state index in [1.807, 2.05) is 20.8 Å². The summed E-state index contributed by atoms with van der Waals surface area (Å²) in [5, 5.41) is 0. The molecule has 0 radical (unpaired) electrons. The Morgan fingerprint density at radius 2 is 1.85 bits per heavy atom. The normalized spacial score (nSPS) is 9.31. The molecular formula is C9H18O4. The molecule has 78 valence electrons. The molecule has 0 aliphatic rings. The molecule has 4 heteroatoms. The van der Waals surface area contributed by atoms with Gasteiger partial charge in [-0.25, -0.2) is 0 Å². The van der Waals surface area contributed by atoms with Gasteiger partial charge in [-0.05, 0) is 27.7 Å². The quantitative estimate of drug-likeness (QED) is 0.489. The van der Waals surface area contributed by atoms with Crippen LogP contribution < -0.4 is 0 Å². The summed E-state index contributed by atoms with van der Waals surface area (Å²) in [6.07, 6.45) is 0. The largest absolute Gasteiger partial charge is 0.468 e. The van der Waals surface area contributed by atoms with Gasteiger partial charge in [0.05, 0.1) is 6.61 Å². The van der Waals surface area contributed by atoms with Gasteiger partial charge in [-0.1, -0.05) is 0 Å². The Hall–Kier alpha value is -1.06. The second-order valence-electron chi connectivity index (χ2n) is 3.26. The van der Waals surface area contributed by atoms with E-state index < -0.39 is 0 Å². The van der Waals surface area contributed by atoms with Crippen molar-refractivity contribution in [2.75, 3.05) is 6.61 Å². The second-order valence-corrected chi connectivity index (χ2v) is 3.26. The van der Waals surface area contributed by atoms with Gasteiger partial charge in [0.1, 0.15) is 5.60 Å². The molecule has 0 amide bonds. The first-order chi connectivity index (χ1) is 5.83. The molecule has 0 aromatic rings. The highest BCUT2D eigenvalue weighted by Gasteiger charge is 2.11. The highest BCUT2D eigenvalue weighted by Crippen LogP contribution is 2.05. The summed E-state index contributed by atoms with van der Waals surface area (Å²) in [6, 6.07) is 0.